The summed E-state index contributed by atoms with van der Waals surface area (Å²) in [5, 5.41) is 0. The van der Waals surface area contributed by atoms with Gasteiger partial charge in [0.15, 0.2) is 0 Å². The van der Waals surface area contributed by atoms with E-state index in [4.69, 9.17) is 0 Å². The van der Waals surface area contributed by atoms with Crippen molar-refractivity contribution >= 4 is 10.1 Å². The second-order valence-electron chi connectivity index (χ2n) is 3.05. The molecular weight excluding hydrogens is 207 g/mol. The predicted octanol–water partition coefficient (Wildman–Crippen LogP) is 1.61. The first-order valence-electron chi connectivity index (χ1n) is 3.98. The number of benzene rings is 1. The molecule has 1 rings (SSSR count). The lowest BCUT2D eigenvalue weighted by Gasteiger charge is -2.03. The van der Waals surface area contributed by atoms with Gasteiger partial charge >= 0.3 is 0 Å². The maximum atomic E-state index is 12.8. The number of aryl methyl sites for hydroxylation is 1. The fourth-order valence-electron chi connectivity index (χ4n) is 0.972. The lowest BCUT2D eigenvalue weighted by atomic mass is 10.1. The largest absolute Gasteiger partial charge is 0.265 e. The van der Waals surface area contributed by atoms with Gasteiger partial charge in [0.2, 0.25) is 0 Å². The van der Waals surface area contributed by atoms with Crippen LogP contribution >= 0.6 is 0 Å². The summed E-state index contributed by atoms with van der Waals surface area (Å²) >= 11 is 0. The van der Waals surface area contributed by atoms with Crippen LogP contribution in [0, 0.1) is 12.7 Å². The van der Waals surface area contributed by atoms with Crippen molar-refractivity contribution in [3.05, 3.63) is 35.1 Å². The van der Waals surface area contributed by atoms with Crippen molar-refractivity contribution in [1.82, 2.24) is 0 Å². The molecule has 0 aliphatic heterocycles. The van der Waals surface area contributed by atoms with Crippen LogP contribution in [0.4, 0.5) is 4.39 Å². The van der Waals surface area contributed by atoms with Gasteiger partial charge in [-0.15, -0.1) is 0 Å². The quantitative estimate of drug-likeness (QED) is 0.724. The maximum Gasteiger partial charge on any atom is 0.264 e. The van der Waals surface area contributed by atoms with Crippen molar-refractivity contribution in [2.24, 2.45) is 0 Å². The Bertz CT molecular complexity index is 426. The molecular formula is C9H11FO3S. The highest BCUT2D eigenvalue weighted by Crippen LogP contribution is 2.10. The van der Waals surface area contributed by atoms with Crippen LogP contribution in [0.1, 0.15) is 11.1 Å². The van der Waals surface area contributed by atoms with Crippen molar-refractivity contribution < 1.29 is 17.0 Å². The minimum atomic E-state index is -3.44. The molecule has 0 saturated carbocycles. The average molecular weight is 218 g/mol. The van der Waals surface area contributed by atoms with Crippen molar-refractivity contribution in [2.45, 2.75) is 13.5 Å². The Labute approximate surface area is 82.6 Å². The summed E-state index contributed by atoms with van der Waals surface area (Å²) in [4.78, 5) is 0. The molecule has 1 aromatic rings. The lowest BCUT2D eigenvalue weighted by Crippen LogP contribution is -2.02. The molecule has 5 heteroatoms. The molecule has 78 valence electrons. The summed E-state index contributed by atoms with van der Waals surface area (Å²) in [6.07, 6.45) is 0.976. The third-order valence-corrected chi connectivity index (χ3v) is 2.21. The van der Waals surface area contributed by atoms with Gasteiger partial charge in [-0.05, 0) is 24.1 Å². The molecule has 0 heterocycles. The standard InChI is InChI=1S/C9H11FO3S/c1-7-5-8(3-4-9(7)10)6-13-14(2,11)12/h3-5H,6H2,1-2H3. The Hall–Kier alpha value is -0.940. The fraction of sp³-hybridized carbons (Fsp3) is 0.333. The highest BCUT2D eigenvalue weighted by molar-refractivity contribution is 7.85. The van der Waals surface area contributed by atoms with Crippen LogP contribution in [0.2, 0.25) is 0 Å². The van der Waals surface area contributed by atoms with Gasteiger partial charge in [0.1, 0.15) is 5.82 Å². The van der Waals surface area contributed by atoms with Crippen LogP contribution in [-0.4, -0.2) is 14.7 Å². The van der Waals surface area contributed by atoms with E-state index >= 15 is 0 Å². The Morgan fingerprint density at radius 1 is 1.43 bits per heavy atom. The van der Waals surface area contributed by atoms with Crippen molar-refractivity contribution in [3.63, 3.8) is 0 Å². The van der Waals surface area contributed by atoms with E-state index in [0.29, 0.717) is 11.1 Å². The SMILES string of the molecule is Cc1cc(COS(C)(=O)=O)ccc1F. The zero-order valence-electron chi connectivity index (χ0n) is 7.95. The summed E-state index contributed by atoms with van der Waals surface area (Å²) in [6, 6.07) is 4.34. The first-order valence-corrected chi connectivity index (χ1v) is 5.79. The second kappa shape index (κ2) is 4.06. The zero-order chi connectivity index (χ0) is 10.8. The Kier molecular flexibility index (Phi) is 3.23. The molecule has 0 amide bonds. The molecule has 0 fully saturated rings. The molecule has 0 aromatic heterocycles. The van der Waals surface area contributed by atoms with Crippen LogP contribution in [0.5, 0.6) is 0 Å². The zero-order valence-corrected chi connectivity index (χ0v) is 8.77. The summed E-state index contributed by atoms with van der Waals surface area (Å²) in [5.41, 5.74) is 1.11. The first-order chi connectivity index (χ1) is 6.38. The van der Waals surface area contributed by atoms with Gasteiger partial charge in [-0.2, -0.15) is 8.42 Å². The molecule has 0 N–H and O–H groups in total. The van der Waals surface area contributed by atoms with Gasteiger partial charge in [0.05, 0.1) is 12.9 Å². The van der Waals surface area contributed by atoms with Gasteiger partial charge in [0, 0.05) is 0 Å². The Morgan fingerprint density at radius 2 is 2.07 bits per heavy atom. The number of hydrogen-bond acceptors (Lipinski definition) is 3. The van der Waals surface area contributed by atoms with Crippen LogP contribution in [0.25, 0.3) is 0 Å². The third-order valence-electron chi connectivity index (χ3n) is 1.66. The number of rotatable bonds is 3. The second-order valence-corrected chi connectivity index (χ2v) is 4.69. The molecule has 0 atom stereocenters. The summed E-state index contributed by atoms with van der Waals surface area (Å²) in [7, 11) is -3.44. The van der Waals surface area contributed by atoms with Crippen molar-refractivity contribution in [2.75, 3.05) is 6.26 Å². The molecule has 0 spiro atoms. The van der Waals surface area contributed by atoms with Crippen molar-refractivity contribution in [1.29, 1.82) is 0 Å². The van der Waals surface area contributed by atoms with Crippen LogP contribution < -0.4 is 0 Å². The van der Waals surface area contributed by atoms with E-state index in [2.05, 4.69) is 4.18 Å². The summed E-state index contributed by atoms with van der Waals surface area (Å²) in [5.74, 6) is -0.312. The molecule has 14 heavy (non-hydrogen) atoms. The van der Waals surface area contributed by atoms with Crippen LogP contribution in [0.3, 0.4) is 0 Å². The molecule has 1 aromatic carbocycles. The number of hydrogen-bond donors (Lipinski definition) is 0. The monoisotopic (exact) mass is 218 g/mol. The highest BCUT2D eigenvalue weighted by Gasteiger charge is 2.04. The lowest BCUT2D eigenvalue weighted by molar-refractivity contribution is 0.311. The molecule has 3 nitrogen and oxygen atoms in total. The topological polar surface area (TPSA) is 43.4 Å². The highest BCUT2D eigenvalue weighted by atomic mass is 32.2. The van der Waals surface area contributed by atoms with E-state index in [1.54, 1.807) is 13.0 Å². The van der Waals surface area contributed by atoms with Gasteiger partial charge in [-0.1, -0.05) is 12.1 Å². The first kappa shape index (κ1) is 11.1. The predicted molar refractivity (Wildman–Crippen MR) is 50.8 cm³/mol. The van der Waals surface area contributed by atoms with Crippen LogP contribution in [-0.2, 0) is 20.9 Å². The third kappa shape index (κ3) is 3.43. The van der Waals surface area contributed by atoms with Gasteiger partial charge in [0.25, 0.3) is 10.1 Å². The van der Waals surface area contributed by atoms with Crippen molar-refractivity contribution in [3.8, 4) is 0 Å². The normalized spacial score (nSPS) is 11.6. The van der Waals surface area contributed by atoms with E-state index in [1.807, 2.05) is 0 Å². The van der Waals surface area contributed by atoms with E-state index in [1.165, 1.54) is 12.1 Å². The van der Waals surface area contributed by atoms with Crippen LogP contribution in [0.15, 0.2) is 18.2 Å². The van der Waals surface area contributed by atoms with E-state index in [9.17, 15) is 12.8 Å². The van der Waals surface area contributed by atoms with Gasteiger partial charge < -0.3 is 0 Å². The minimum Gasteiger partial charge on any atom is -0.265 e. The van der Waals surface area contributed by atoms with E-state index in [0.717, 1.165) is 6.26 Å². The van der Waals surface area contributed by atoms with E-state index < -0.39 is 10.1 Å². The minimum absolute atomic E-state index is 0.0556. The fourth-order valence-corrected chi connectivity index (χ4v) is 1.32. The number of halogens is 1. The maximum absolute atomic E-state index is 12.8. The van der Waals surface area contributed by atoms with E-state index in [-0.39, 0.29) is 12.4 Å². The smallest absolute Gasteiger partial charge is 0.264 e. The van der Waals surface area contributed by atoms with Gasteiger partial charge in [-0.25, -0.2) is 4.39 Å². The Morgan fingerprint density at radius 3 is 2.57 bits per heavy atom. The summed E-state index contributed by atoms with van der Waals surface area (Å²) in [6.45, 7) is 1.55. The molecule has 0 aliphatic carbocycles. The average Bonchev–Trinajstić information content (AvgIpc) is 2.06. The molecule has 0 aliphatic rings. The molecule has 0 unspecified atom stereocenters. The molecule has 0 bridgehead atoms. The molecule has 0 saturated heterocycles. The summed E-state index contributed by atoms with van der Waals surface area (Å²) < 4.78 is 38.7. The Balaban J connectivity index is 2.74. The van der Waals surface area contributed by atoms with Gasteiger partial charge in [-0.3, -0.25) is 4.18 Å². The molecule has 0 radical (unpaired) electrons.